The van der Waals surface area contributed by atoms with Crippen LogP contribution in [0, 0.1) is 0 Å². The number of hydrogen-bond donors (Lipinski definition) is 1. The van der Waals surface area contributed by atoms with Gasteiger partial charge in [-0.3, -0.25) is 14.9 Å². The van der Waals surface area contributed by atoms with E-state index in [0.29, 0.717) is 17.4 Å². The van der Waals surface area contributed by atoms with E-state index < -0.39 is 0 Å². The van der Waals surface area contributed by atoms with E-state index in [1.165, 1.54) is 17.4 Å². The van der Waals surface area contributed by atoms with Gasteiger partial charge < -0.3 is 4.74 Å². The van der Waals surface area contributed by atoms with Crippen LogP contribution in [-0.4, -0.2) is 23.5 Å². The number of thiazole rings is 1. The monoisotopic (exact) mass is 322 g/mol. The molecule has 0 saturated heterocycles. The molecule has 0 bridgehead atoms. The highest BCUT2D eigenvalue weighted by Crippen LogP contribution is 2.16. The van der Waals surface area contributed by atoms with Gasteiger partial charge in [-0.05, 0) is 24.4 Å². The van der Waals surface area contributed by atoms with Crippen molar-refractivity contribution in [3.05, 3.63) is 39.5 Å². The van der Waals surface area contributed by atoms with Gasteiger partial charge >= 0.3 is 5.97 Å². The first kappa shape index (κ1) is 15.4. The molecule has 21 heavy (non-hydrogen) atoms. The molecule has 0 spiro atoms. The maximum atomic E-state index is 11.7. The Bertz CT molecular complexity index is 632. The molecule has 0 fully saturated rings. The summed E-state index contributed by atoms with van der Waals surface area (Å²) in [6, 6.07) is 3.85. The first-order valence-corrected chi connectivity index (χ1v) is 8.06. The van der Waals surface area contributed by atoms with Gasteiger partial charge in [0.1, 0.15) is 0 Å². The Hall–Kier alpha value is -1.99. The third-order valence-electron chi connectivity index (χ3n) is 2.35. The van der Waals surface area contributed by atoms with E-state index in [0.717, 1.165) is 4.88 Å². The number of ether oxygens (including phenoxy) is 1. The molecule has 0 radical (unpaired) electrons. The Morgan fingerprint density at radius 2 is 2.29 bits per heavy atom. The second-order valence-electron chi connectivity index (χ2n) is 3.96. The molecule has 0 aromatic carbocycles. The van der Waals surface area contributed by atoms with Gasteiger partial charge in [0.2, 0.25) is 5.91 Å². The van der Waals surface area contributed by atoms with Crippen molar-refractivity contribution >= 4 is 45.8 Å². The Labute approximate surface area is 130 Å². The lowest BCUT2D eigenvalue weighted by atomic mass is 10.3. The van der Waals surface area contributed by atoms with E-state index in [4.69, 9.17) is 4.74 Å². The zero-order chi connectivity index (χ0) is 15.1. The van der Waals surface area contributed by atoms with Crippen LogP contribution in [0.15, 0.2) is 29.0 Å². The highest BCUT2D eigenvalue weighted by molar-refractivity contribution is 7.14. The normalized spacial score (nSPS) is 10.7. The van der Waals surface area contributed by atoms with Crippen LogP contribution in [0.2, 0.25) is 0 Å². The summed E-state index contributed by atoms with van der Waals surface area (Å²) in [5, 5.41) is 6.81. The molecule has 1 amide bonds. The minimum absolute atomic E-state index is 0.116. The Morgan fingerprint density at radius 3 is 3.00 bits per heavy atom. The molecule has 0 saturated carbocycles. The van der Waals surface area contributed by atoms with Crippen molar-refractivity contribution in [1.82, 2.24) is 4.98 Å². The van der Waals surface area contributed by atoms with Gasteiger partial charge in [-0.2, -0.15) is 0 Å². The van der Waals surface area contributed by atoms with Crippen molar-refractivity contribution < 1.29 is 14.3 Å². The number of carbonyl (C=O) groups is 2. The summed E-state index contributed by atoms with van der Waals surface area (Å²) >= 11 is 2.83. The van der Waals surface area contributed by atoms with Gasteiger partial charge in [0.15, 0.2) is 5.13 Å². The van der Waals surface area contributed by atoms with Crippen molar-refractivity contribution in [3.8, 4) is 0 Å². The predicted octanol–water partition coefficient (Wildman–Crippen LogP) is 2.96. The molecule has 2 aromatic heterocycles. The molecule has 0 unspecified atom stereocenters. The van der Waals surface area contributed by atoms with Crippen molar-refractivity contribution in [3.63, 3.8) is 0 Å². The SMILES string of the molecule is CCOC(=O)Cc1csc(NC(=O)C=Cc2cccs2)n1. The van der Waals surface area contributed by atoms with Crippen molar-refractivity contribution in [1.29, 1.82) is 0 Å². The van der Waals surface area contributed by atoms with Gasteiger partial charge in [-0.15, -0.1) is 22.7 Å². The number of aromatic nitrogens is 1. The number of amides is 1. The van der Waals surface area contributed by atoms with Gasteiger partial charge in [0.05, 0.1) is 18.7 Å². The fourth-order valence-electron chi connectivity index (χ4n) is 1.50. The number of hydrogen-bond acceptors (Lipinski definition) is 6. The number of thiophene rings is 1. The standard InChI is InChI=1S/C14H14N2O3S2/c1-2-19-13(18)8-10-9-21-14(15-10)16-12(17)6-5-11-4-3-7-20-11/h3-7,9H,2,8H2,1H3,(H,15,16,17). The maximum absolute atomic E-state index is 11.7. The summed E-state index contributed by atoms with van der Waals surface area (Å²) in [6.07, 6.45) is 3.32. The molecule has 1 N–H and O–H groups in total. The van der Waals surface area contributed by atoms with E-state index in [-0.39, 0.29) is 18.3 Å². The fourth-order valence-corrected chi connectivity index (χ4v) is 2.83. The van der Waals surface area contributed by atoms with Crippen LogP contribution < -0.4 is 5.32 Å². The lowest BCUT2D eigenvalue weighted by molar-refractivity contribution is -0.142. The van der Waals surface area contributed by atoms with Crippen LogP contribution in [0.4, 0.5) is 5.13 Å². The van der Waals surface area contributed by atoms with Crippen LogP contribution in [0.25, 0.3) is 6.08 Å². The van der Waals surface area contributed by atoms with Crippen LogP contribution in [0.5, 0.6) is 0 Å². The molecule has 2 heterocycles. The van der Waals surface area contributed by atoms with Crippen molar-refractivity contribution in [2.75, 3.05) is 11.9 Å². The topological polar surface area (TPSA) is 68.3 Å². The molecule has 0 aliphatic carbocycles. The van der Waals surface area contributed by atoms with Gasteiger partial charge in [-0.1, -0.05) is 6.07 Å². The molecule has 0 aliphatic rings. The van der Waals surface area contributed by atoms with Crippen LogP contribution in [-0.2, 0) is 20.7 Å². The summed E-state index contributed by atoms with van der Waals surface area (Å²) in [4.78, 5) is 28.2. The largest absolute Gasteiger partial charge is 0.466 e. The molecule has 5 nitrogen and oxygen atoms in total. The second-order valence-corrected chi connectivity index (χ2v) is 5.80. The van der Waals surface area contributed by atoms with Crippen molar-refractivity contribution in [2.24, 2.45) is 0 Å². The first-order chi connectivity index (χ1) is 10.2. The van der Waals surface area contributed by atoms with E-state index >= 15 is 0 Å². The van der Waals surface area contributed by atoms with Gasteiger partial charge in [-0.25, -0.2) is 4.98 Å². The number of carbonyl (C=O) groups excluding carboxylic acids is 2. The van der Waals surface area contributed by atoms with E-state index in [1.54, 1.807) is 29.7 Å². The lowest BCUT2D eigenvalue weighted by Gasteiger charge is -1.98. The van der Waals surface area contributed by atoms with E-state index in [2.05, 4.69) is 10.3 Å². The Balaban J connectivity index is 1.87. The smallest absolute Gasteiger partial charge is 0.311 e. The Morgan fingerprint density at radius 1 is 1.43 bits per heavy atom. The summed E-state index contributed by atoms with van der Waals surface area (Å²) in [7, 11) is 0. The molecular formula is C14H14N2O3S2. The Kier molecular flexibility index (Phi) is 5.65. The lowest BCUT2D eigenvalue weighted by Crippen LogP contribution is -2.09. The quantitative estimate of drug-likeness (QED) is 0.656. The van der Waals surface area contributed by atoms with Crippen LogP contribution in [0.3, 0.4) is 0 Å². The van der Waals surface area contributed by atoms with Gasteiger partial charge in [0, 0.05) is 16.3 Å². The summed E-state index contributed by atoms with van der Waals surface area (Å²) in [5.74, 6) is -0.571. The third-order valence-corrected chi connectivity index (χ3v) is 4.00. The minimum Gasteiger partial charge on any atom is -0.466 e. The summed E-state index contributed by atoms with van der Waals surface area (Å²) < 4.78 is 4.84. The predicted molar refractivity (Wildman–Crippen MR) is 84.4 cm³/mol. The zero-order valence-corrected chi connectivity index (χ0v) is 13.0. The maximum Gasteiger partial charge on any atom is 0.311 e. The number of nitrogens with zero attached hydrogens (tertiary/aromatic N) is 1. The highest BCUT2D eigenvalue weighted by Gasteiger charge is 2.09. The molecule has 2 rings (SSSR count). The number of anilines is 1. The average Bonchev–Trinajstić information content (AvgIpc) is 3.08. The number of nitrogens with one attached hydrogen (secondary N) is 1. The average molecular weight is 322 g/mol. The molecule has 0 atom stereocenters. The van der Waals surface area contributed by atoms with Crippen LogP contribution in [0.1, 0.15) is 17.5 Å². The molecule has 110 valence electrons. The summed E-state index contributed by atoms with van der Waals surface area (Å²) in [6.45, 7) is 2.10. The second kappa shape index (κ2) is 7.70. The minimum atomic E-state index is -0.321. The van der Waals surface area contributed by atoms with Gasteiger partial charge in [0.25, 0.3) is 0 Å². The van der Waals surface area contributed by atoms with E-state index in [1.807, 2.05) is 17.5 Å². The fraction of sp³-hybridized carbons (Fsp3) is 0.214. The first-order valence-electron chi connectivity index (χ1n) is 6.30. The molecule has 7 heteroatoms. The van der Waals surface area contributed by atoms with Crippen molar-refractivity contribution in [2.45, 2.75) is 13.3 Å². The third kappa shape index (κ3) is 5.13. The van der Waals surface area contributed by atoms with E-state index in [9.17, 15) is 9.59 Å². The molecular weight excluding hydrogens is 308 g/mol. The number of rotatable bonds is 6. The zero-order valence-electron chi connectivity index (χ0n) is 11.4. The molecule has 2 aromatic rings. The highest BCUT2D eigenvalue weighted by atomic mass is 32.1. The number of esters is 1. The van der Waals surface area contributed by atoms with Crippen LogP contribution >= 0.6 is 22.7 Å². The molecule has 0 aliphatic heterocycles. The summed E-state index contributed by atoms with van der Waals surface area (Å²) in [5.41, 5.74) is 0.594.